The molecule has 0 radical (unpaired) electrons. The molecule has 3 nitrogen and oxygen atoms in total. The lowest BCUT2D eigenvalue weighted by molar-refractivity contribution is -0.202. The molecule has 0 amide bonds. The molecule has 0 spiro atoms. The van der Waals surface area contributed by atoms with E-state index in [-0.39, 0.29) is 0 Å². The lowest BCUT2D eigenvalue weighted by atomic mass is 10.00. The van der Waals surface area contributed by atoms with E-state index >= 15 is 0 Å². The summed E-state index contributed by atoms with van der Waals surface area (Å²) in [5.74, 6) is -0.719. The van der Waals surface area contributed by atoms with E-state index in [1.54, 1.807) is 18.3 Å². The average molecular weight is 258 g/mol. The van der Waals surface area contributed by atoms with Crippen molar-refractivity contribution in [3.05, 3.63) is 29.0 Å². The number of aromatic nitrogens is 1. The Hall–Kier alpha value is -0.640. The van der Waals surface area contributed by atoms with Crippen LogP contribution in [0.1, 0.15) is 38.8 Å². The van der Waals surface area contributed by atoms with E-state index in [0.717, 1.165) is 12.8 Å². The van der Waals surface area contributed by atoms with Gasteiger partial charge in [-0.3, -0.25) is 4.98 Å². The fourth-order valence-electron chi connectivity index (χ4n) is 1.70. The number of ether oxygens (including phenoxy) is 1. The van der Waals surface area contributed by atoms with Crippen molar-refractivity contribution in [3.8, 4) is 0 Å². The summed E-state index contributed by atoms with van der Waals surface area (Å²) in [4.78, 5) is 4.12. The molecule has 1 heterocycles. The number of pyridine rings is 1. The summed E-state index contributed by atoms with van der Waals surface area (Å²) < 4.78 is 5.20. The predicted molar refractivity (Wildman–Crippen MR) is 68.8 cm³/mol. The van der Waals surface area contributed by atoms with Crippen molar-refractivity contribution < 1.29 is 9.84 Å². The van der Waals surface area contributed by atoms with Gasteiger partial charge in [-0.25, -0.2) is 0 Å². The van der Waals surface area contributed by atoms with Crippen LogP contribution in [0.5, 0.6) is 0 Å². The standard InChI is InChI=1S/C13H20ClNO2/c1-10(2)5-4-7-13(16,17-3)12-9-11(14)6-8-15-12/h6,8-10,16H,4-5,7H2,1-3H3/t13-/m0/s1. The minimum atomic E-state index is -1.33. The summed E-state index contributed by atoms with van der Waals surface area (Å²) in [5.41, 5.74) is 0.469. The molecule has 0 aliphatic heterocycles. The van der Waals surface area contributed by atoms with Gasteiger partial charge in [0.15, 0.2) is 0 Å². The molecule has 0 fully saturated rings. The maximum Gasteiger partial charge on any atom is 0.209 e. The third-order valence-corrected chi connectivity index (χ3v) is 2.99. The largest absolute Gasteiger partial charge is 0.361 e. The fourth-order valence-corrected chi connectivity index (χ4v) is 1.86. The average Bonchev–Trinajstić information content (AvgIpc) is 2.28. The number of nitrogens with zero attached hydrogens (tertiary/aromatic N) is 1. The predicted octanol–water partition coefficient (Wildman–Crippen LogP) is 3.35. The van der Waals surface area contributed by atoms with Crippen LogP contribution in [0, 0.1) is 5.92 Å². The second kappa shape index (κ2) is 6.34. The van der Waals surface area contributed by atoms with Crippen molar-refractivity contribution in [3.63, 3.8) is 0 Å². The molecule has 0 aromatic carbocycles. The number of hydrogen-bond donors (Lipinski definition) is 1. The van der Waals surface area contributed by atoms with Gasteiger partial charge >= 0.3 is 0 Å². The van der Waals surface area contributed by atoms with E-state index in [1.165, 1.54) is 7.11 Å². The normalized spacial score (nSPS) is 14.9. The summed E-state index contributed by atoms with van der Waals surface area (Å²) in [6, 6.07) is 3.32. The second-order valence-corrected chi connectivity index (χ2v) is 5.07. The Bertz CT molecular complexity index is 357. The molecule has 1 aromatic heterocycles. The molecular formula is C13H20ClNO2. The van der Waals surface area contributed by atoms with Gasteiger partial charge in [-0.2, -0.15) is 0 Å². The molecule has 0 bridgehead atoms. The van der Waals surface area contributed by atoms with Gasteiger partial charge in [0.25, 0.3) is 0 Å². The monoisotopic (exact) mass is 257 g/mol. The first kappa shape index (κ1) is 14.4. The van der Waals surface area contributed by atoms with Gasteiger partial charge in [0.1, 0.15) is 5.69 Å². The van der Waals surface area contributed by atoms with E-state index in [4.69, 9.17) is 16.3 Å². The van der Waals surface area contributed by atoms with Crippen LogP contribution in [-0.4, -0.2) is 17.2 Å². The molecule has 0 unspecified atom stereocenters. The number of hydrogen-bond acceptors (Lipinski definition) is 3. The van der Waals surface area contributed by atoms with Crippen LogP contribution < -0.4 is 0 Å². The van der Waals surface area contributed by atoms with E-state index in [0.29, 0.717) is 23.1 Å². The van der Waals surface area contributed by atoms with Crippen molar-refractivity contribution in [2.24, 2.45) is 5.92 Å². The molecule has 1 N–H and O–H groups in total. The third-order valence-electron chi connectivity index (χ3n) is 2.76. The minimum Gasteiger partial charge on any atom is -0.361 e. The molecule has 0 aliphatic rings. The van der Waals surface area contributed by atoms with Gasteiger partial charge in [0, 0.05) is 24.8 Å². The molecule has 4 heteroatoms. The molecule has 17 heavy (non-hydrogen) atoms. The number of aliphatic hydroxyl groups is 1. The highest BCUT2D eigenvalue weighted by atomic mass is 35.5. The molecule has 1 aromatic rings. The highest BCUT2D eigenvalue weighted by molar-refractivity contribution is 6.30. The van der Waals surface area contributed by atoms with E-state index in [1.807, 2.05) is 0 Å². The highest BCUT2D eigenvalue weighted by Crippen LogP contribution is 2.28. The lowest BCUT2D eigenvalue weighted by Gasteiger charge is -2.26. The van der Waals surface area contributed by atoms with Crippen molar-refractivity contribution >= 4 is 11.6 Å². The first-order valence-corrected chi connectivity index (χ1v) is 6.25. The number of rotatable bonds is 6. The fraction of sp³-hybridized carbons (Fsp3) is 0.615. The SMILES string of the molecule is CO[C@@](O)(CCCC(C)C)c1cc(Cl)ccn1. The van der Waals surface area contributed by atoms with E-state index in [9.17, 15) is 5.11 Å². The molecule has 1 atom stereocenters. The van der Waals surface area contributed by atoms with Crippen LogP contribution in [0.15, 0.2) is 18.3 Å². The van der Waals surface area contributed by atoms with Crippen molar-refractivity contribution in [1.29, 1.82) is 0 Å². The molecule has 96 valence electrons. The molecular weight excluding hydrogens is 238 g/mol. The van der Waals surface area contributed by atoms with Crippen LogP contribution in [0.25, 0.3) is 0 Å². The topological polar surface area (TPSA) is 42.4 Å². The van der Waals surface area contributed by atoms with Gasteiger partial charge in [0.2, 0.25) is 5.79 Å². The zero-order valence-electron chi connectivity index (χ0n) is 10.6. The number of halogens is 1. The minimum absolute atomic E-state index is 0.469. The van der Waals surface area contributed by atoms with E-state index < -0.39 is 5.79 Å². The molecule has 0 aliphatic carbocycles. The maximum atomic E-state index is 10.4. The zero-order chi connectivity index (χ0) is 12.9. The summed E-state index contributed by atoms with van der Waals surface area (Å²) in [7, 11) is 1.48. The smallest absolute Gasteiger partial charge is 0.209 e. The Morgan fingerprint density at radius 1 is 1.53 bits per heavy atom. The second-order valence-electron chi connectivity index (χ2n) is 4.63. The lowest BCUT2D eigenvalue weighted by Crippen LogP contribution is -2.29. The Morgan fingerprint density at radius 3 is 2.76 bits per heavy atom. The maximum absolute atomic E-state index is 10.4. The van der Waals surface area contributed by atoms with Crippen LogP contribution in [0.3, 0.4) is 0 Å². The molecule has 0 saturated heterocycles. The summed E-state index contributed by atoms with van der Waals surface area (Å²) in [5, 5.41) is 10.9. The Balaban J connectivity index is 2.73. The summed E-state index contributed by atoms with van der Waals surface area (Å²) in [6.07, 6.45) is 4.03. The molecule has 1 rings (SSSR count). The first-order valence-electron chi connectivity index (χ1n) is 5.87. The third kappa shape index (κ3) is 4.26. The number of methoxy groups -OCH3 is 1. The van der Waals surface area contributed by atoms with Crippen LogP contribution in [0.4, 0.5) is 0 Å². The van der Waals surface area contributed by atoms with Crippen molar-refractivity contribution in [2.45, 2.75) is 38.9 Å². The van der Waals surface area contributed by atoms with Crippen molar-refractivity contribution in [1.82, 2.24) is 4.98 Å². The Morgan fingerprint density at radius 2 is 2.24 bits per heavy atom. The van der Waals surface area contributed by atoms with Gasteiger partial charge in [-0.05, 0) is 24.5 Å². The Labute approximate surface area is 108 Å². The Kier molecular flexibility index (Phi) is 5.37. The van der Waals surface area contributed by atoms with E-state index in [2.05, 4.69) is 18.8 Å². The first-order chi connectivity index (χ1) is 7.98. The van der Waals surface area contributed by atoms with Gasteiger partial charge in [-0.1, -0.05) is 31.9 Å². The molecule has 0 saturated carbocycles. The van der Waals surface area contributed by atoms with Gasteiger partial charge in [0.05, 0.1) is 0 Å². The van der Waals surface area contributed by atoms with Crippen molar-refractivity contribution in [2.75, 3.05) is 7.11 Å². The van der Waals surface area contributed by atoms with Crippen LogP contribution >= 0.6 is 11.6 Å². The zero-order valence-corrected chi connectivity index (χ0v) is 11.4. The van der Waals surface area contributed by atoms with Gasteiger partial charge in [-0.15, -0.1) is 0 Å². The highest BCUT2D eigenvalue weighted by Gasteiger charge is 2.30. The summed E-state index contributed by atoms with van der Waals surface area (Å²) >= 11 is 5.89. The van der Waals surface area contributed by atoms with Gasteiger partial charge < -0.3 is 9.84 Å². The van der Waals surface area contributed by atoms with Crippen LogP contribution in [-0.2, 0) is 10.5 Å². The van der Waals surface area contributed by atoms with Crippen LogP contribution in [0.2, 0.25) is 5.02 Å². The summed E-state index contributed by atoms with van der Waals surface area (Å²) in [6.45, 7) is 4.31. The quantitative estimate of drug-likeness (QED) is 0.795.